The molecular weight excluding hydrogens is 162 g/mol. The molecule has 0 aliphatic rings. The largest absolute Gasteiger partial charge is 0.345 e. The van der Waals surface area contributed by atoms with E-state index in [1.807, 2.05) is 24.3 Å². The zero-order chi connectivity index (χ0) is 9.10. The number of hydrogen-bond acceptors (Lipinski definition) is 2. The van der Waals surface area contributed by atoms with Crippen molar-refractivity contribution in [2.75, 3.05) is 0 Å². The van der Waals surface area contributed by atoms with Crippen molar-refractivity contribution in [3.8, 4) is 11.3 Å². The molecule has 0 radical (unpaired) electrons. The third-order valence-electron chi connectivity index (χ3n) is 2.03. The fourth-order valence-corrected chi connectivity index (χ4v) is 1.36. The van der Waals surface area contributed by atoms with Gasteiger partial charge >= 0.3 is 0 Å². The van der Waals surface area contributed by atoms with Gasteiger partial charge in [0.2, 0.25) is 0 Å². The third-order valence-corrected chi connectivity index (χ3v) is 2.03. The van der Waals surface area contributed by atoms with Crippen molar-refractivity contribution >= 4 is 0 Å². The van der Waals surface area contributed by atoms with Crippen molar-refractivity contribution in [3.05, 3.63) is 42.4 Å². The number of nitrogens with zero attached hydrogens (tertiary/aromatic N) is 1. The van der Waals surface area contributed by atoms with Crippen molar-refractivity contribution in [1.82, 2.24) is 9.97 Å². The number of H-pyrrole nitrogens is 1. The summed E-state index contributed by atoms with van der Waals surface area (Å²) in [7, 11) is 0. The number of nitrogens with two attached hydrogens (primary N) is 1. The Morgan fingerprint density at radius 3 is 2.85 bits per heavy atom. The SMILES string of the molecule is NCc1ccccc1-c1cnc[nH]1. The zero-order valence-corrected chi connectivity index (χ0v) is 7.20. The van der Waals surface area contributed by atoms with Crippen LogP contribution in [-0.4, -0.2) is 9.97 Å². The van der Waals surface area contributed by atoms with E-state index in [9.17, 15) is 0 Å². The van der Waals surface area contributed by atoms with Gasteiger partial charge in [-0.05, 0) is 5.56 Å². The van der Waals surface area contributed by atoms with Gasteiger partial charge in [0.15, 0.2) is 0 Å². The number of benzene rings is 1. The Bertz CT molecular complexity index is 379. The Kier molecular flexibility index (Phi) is 2.10. The fraction of sp³-hybridized carbons (Fsp3) is 0.100. The van der Waals surface area contributed by atoms with Crippen LogP contribution in [0.15, 0.2) is 36.8 Å². The van der Waals surface area contributed by atoms with Crippen molar-refractivity contribution < 1.29 is 0 Å². The van der Waals surface area contributed by atoms with Crippen LogP contribution in [0.1, 0.15) is 5.56 Å². The predicted molar refractivity (Wildman–Crippen MR) is 51.9 cm³/mol. The fourth-order valence-electron chi connectivity index (χ4n) is 1.36. The summed E-state index contributed by atoms with van der Waals surface area (Å²) >= 11 is 0. The van der Waals surface area contributed by atoms with Gasteiger partial charge in [-0.1, -0.05) is 24.3 Å². The first kappa shape index (κ1) is 8.01. The molecule has 13 heavy (non-hydrogen) atoms. The molecule has 1 aromatic heterocycles. The van der Waals surface area contributed by atoms with Gasteiger partial charge in [0.05, 0.1) is 18.2 Å². The highest BCUT2D eigenvalue weighted by atomic mass is 14.9. The van der Waals surface area contributed by atoms with Gasteiger partial charge in [0.1, 0.15) is 0 Å². The molecular formula is C10H11N3. The van der Waals surface area contributed by atoms with Crippen LogP contribution >= 0.6 is 0 Å². The summed E-state index contributed by atoms with van der Waals surface area (Å²) in [4.78, 5) is 7.04. The maximum Gasteiger partial charge on any atom is 0.0924 e. The van der Waals surface area contributed by atoms with Gasteiger partial charge in [-0.3, -0.25) is 0 Å². The van der Waals surface area contributed by atoms with Crippen LogP contribution in [0.3, 0.4) is 0 Å². The normalized spacial score (nSPS) is 10.2. The zero-order valence-electron chi connectivity index (χ0n) is 7.20. The standard InChI is InChI=1S/C10H11N3/c11-5-8-3-1-2-4-9(8)10-6-12-7-13-10/h1-4,6-7H,5,11H2,(H,12,13). The lowest BCUT2D eigenvalue weighted by atomic mass is 10.1. The molecule has 2 aromatic rings. The number of aromatic amines is 1. The molecule has 0 spiro atoms. The van der Waals surface area contributed by atoms with Crippen molar-refractivity contribution in [2.24, 2.45) is 5.73 Å². The molecule has 0 saturated carbocycles. The minimum Gasteiger partial charge on any atom is -0.345 e. The second-order valence-corrected chi connectivity index (χ2v) is 2.83. The van der Waals surface area contributed by atoms with E-state index in [1.54, 1.807) is 12.5 Å². The number of nitrogens with one attached hydrogen (secondary N) is 1. The molecule has 0 atom stereocenters. The van der Waals surface area contributed by atoms with E-state index < -0.39 is 0 Å². The highest BCUT2D eigenvalue weighted by Gasteiger charge is 2.02. The summed E-state index contributed by atoms with van der Waals surface area (Å²) < 4.78 is 0. The maximum absolute atomic E-state index is 5.62. The average Bonchev–Trinajstić information content (AvgIpc) is 2.70. The number of imidazole rings is 1. The minimum atomic E-state index is 0.551. The van der Waals surface area contributed by atoms with Crippen LogP contribution in [0.4, 0.5) is 0 Å². The lowest BCUT2D eigenvalue weighted by molar-refractivity contribution is 1.07. The van der Waals surface area contributed by atoms with E-state index in [0.29, 0.717) is 6.54 Å². The summed E-state index contributed by atoms with van der Waals surface area (Å²) in [5, 5.41) is 0. The van der Waals surface area contributed by atoms with E-state index in [1.165, 1.54) is 0 Å². The Morgan fingerprint density at radius 2 is 2.15 bits per heavy atom. The molecule has 1 aromatic carbocycles. The number of rotatable bonds is 2. The van der Waals surface area contributed by atoms with Gasteiger partial charge in [0.25, 0.3) is 0 Å². The van der Waals surface area contributed by atoms with Gasteiger partial charge in [-0.15, -0.1) is 0 Å². The summed E-state index contributed by atoms with van der Waals surface area (Å²) in [6.45, 7) is 0.551. The maximum atomic E-state index is 5.62. The Labute approximate surface area is 76.6 Å². The van der Waals surface area contributed by atoms with Crippen LogP contribution in [-0.2, 0) is 6.54 Å². The predicted octanol–water partition coefficient (Wildman–Crippen LogP) is 1.54. The molecule has 0 unspecified atom stereocenters. The average molecular weight is 173 g/mol. The first-order valence-corrected chi connectivity index (χ1v) is 4.18. The first-order chi connectivity index (χ1) is 6.42. The highest BCUT2D eigenvalue weighted by Crippen LogP contribution is 2.20. The third kappa shape index (κ3) is 1.46. The van der Waals surface area contributed by atoms with E-state index in [4.69, 9.17) is 5.73 Å². The summed E-state index contributed by atoms with van der Waals surface area (Å²) in [6, 6.07) is 8.04. The summed E-state index contributed by atoms with van der Waals surface area (Å²) in [5.41, 5.74) is 8.90. The minimum absolute atomic E-state index is 0.551. The second kappa shape index (κ2) is 3.41. The van der Waals surface area contributed by atoms with E-state index in [2.05, 4.69) is 9.97 Å². The molecule has 0 amide bonds. The molecule has 3 N–H and O–H groups in total. The van der Waals surface area contributed by atoms with Crippen LogP contribution in [0, 0.1) is 0 Å². The van der Waals surface area contributed by atoms with E-state index >= 15 is 0 Å². The summed E-state index contributed by atoms with van der Waals surface area (Å²) in [6.07, 6.45) is 3.47. The second-order valence-electron chi connectivity index (χ2n) is 2.83. The smallest absolute Gasteiger partial charge is 0.0924 e. The Balaban J connectivity index is 2.51. The van der Waals surface area contributed by atoms with Gasteiger partial charge < -0.3 is 10.7 Å². The molecule has 0 aliphatic heterocycles. The van der Waals surface area contributed by atoms with Gasteiger partial charge in [-0.25, -0.2) is 4.98 Å². The van der Waals surface area contributed by atoms with Crippen molar-refractivity contribution in [1.29, 1.82) is 0 Å². The Morgan fingerprint density at radius 1 is 1.31 bits per heavy atom. The lowest BCUT2D eigenvalue weighted by Gasteiger charge is -2.03. The number of hydrogen-bond donors (Lipinski definition) is 2. The van der Waals surface area contributed by atoms with Crippen LogP contribution in [0.2, 0.25) is 0 Å². The topological polar surface area (TPSA) is 54.7 Å². The van der Waals surface area contributed by atoms with Crippen LogP contribution in [0.5, 0.6) is 0 Å². The molecule has 66 valence electrons. The molecule has 0 fully saturated rings. The first-order valence-electron chi connectivity index (χ1n) is 4.18. The highest BCUT2D eigenvalue weighted by molar-refractivity contribution is 5.62. The molecule has 0 saturated heterocycles. The molecule has 2 rings (SSSR count). The molecule has 0 aliphatic carbocycles. The van der Waals surface area contributed by atoms with Gasteiger partial charge in [-0.2, -0.15) is 0 Å². The van der Waals surface area contributed by atoms with E-state index in [0.717, 1.165) is 16.8 Å². The van der Waals surface area contributed by atoms with Crippen molar-refractivity contribution in [3.63, 3.8) is 0 Å². The van der Waals surface area contributed by atoms with Gasteiger partial charge in [0, 0.05) is 12.1 Å². The summed E-state index contributed by atoms with van der Waals surface area (Å²) in [5.74, 6) is 0. The molecule has 3 heteroatoms. The van der Waals surface area contributed by atoms with E-state index in [-0.39, 0.29) is 0 Å². The van der Waals surface area contributed by atoms with Crippen molar-refractivity contribution in [2.45, 2.75) is 6.54 Å². The molecule has 1 heterocycles. The van der Waals surface area contributed by atoms with Crippen LogP contribution in [0.25, 0.3) is 11.3 Å². The molecule has 0 bridgehead atoms. The number of aromatic nitrogens is 2. The Hall–Kier alpha value is -1.61. The monoisotopic (exact) mass is 173 g/mol. The lowest BCUT2D eigenvalue weighted by Crippen LogP contribution is -1.98. The molecule has 3 nitrogen and oxygen atoms in total. The quantitative estimate of drug-likeness (QED) is 0.723. The van der Waals surface area contributed by atoms with Crippen LogP contribution < -0.4 is 5.73 Å².